The van der Waals surface area contributed by atoms with E-state index in [4.69, 9.17) is 10.5 Å². The maximum atomic E-state index is 12.7. The molecule has 0 fully saturated rings. The Morgan fingerprint density at radius 1 is 1.00 bits per heavy atom. The molecule has 20 heavy (non-hydrogen) atoms. The lowest BCUT2D eigenvalue weighted by Crippen LogP contribution is -2.06. The monoisotopic (exact) mass is 273 g/mol. The molecule has 0 aliphatic carbocycles. The molecule has 0 saturated heterocycles. The van der Waals surface area contributed by atoms with Crippen LogP contribution in [-0.4, -0.2) is 5.97 Å². The highest BCUT2D eigenvalue weighted by atomic mass is 19.1. The molecule has 3 nitrogen and oxygen atoms in total. The van der Waals surface area contributed by atoms with Crippen LogP contribution in [0.1, 0.15) is 17.5 Å². The molecule has 0 aliphatic rings. The number of hydrogen-bond acceptors (Lipinski definition) is 3. The molecule has 0 radical (unpaired) electrons. The van der Waals surface area contributed by atoms with Gasteiger partial charge >= 0.3 is 5.97 Å². The van der Waals surface area contributed by atoms with E-state index in [1.165, 1.54) is 12.1 Å². The number of carbonyl (C=O) groups excluding carboxylic acids is 1. The second kappa shape index (κ2) is 6.70. The van der Waals surface area contributed by atoms with E-state index in [1.54, 1.807) is 24.3 Å². The fraction of sp³-hybridized carbons (Fsp3) is 0.188. The van der Waals surface area contributed by atoms with Crippen molar-refractivity contribution < 1.29 is 13.9 Å². The first-order valence-electron chi connectivity index (χ1n) is 6.38. The Bertz CT molecular complexity index is 513. The lowest BCUT2D eigenvalue weighted by Gasteiger charge is -2.05. The normalized spacial score (nSPS) is 10.2. The quantitative estimate of drug-likeness (QED) is 0.672. The van der Waals surface area contributed by atoms with Gasteiger partial charge in [0.1, 0.15) is 12.4 Å². The number of nitrogen functional groups attached to an aromatic ring is 1. The number of rotatable bonds is 5. The van der Waals surface area contributed by atoms with Crippen molar-refractivity contribution in [3.05, 3.63) is 65.5 Å². The number of ether oxygens (including phenoxy) is 1. The molecule has 0 amide bonds. The van der Waals surface area contributed by atoms with Crippen LogP contribution in [0.5, 0.6) is 0 Å². The van der Waals surface area contributed by atoms with Crippen molar-refractivity contribution in [2.75, 3.05) is 5.73 Å². The first-order valence-corrected chi connectivity index (χ1v) is 6.38. The average molecular weight is 273 g/mol. The van der Waals surface area contributed by atoms with Crippen LogP contribution in [0.25, 0.3) is 0 Å². The Hall–Kier alpha value is -2.36. The third-order valence-corrected chi connectivity index (χ3v) is 2.91. The number of nitrogens with two attached hydrogens (primary N) is 1. The topological polar surface area (TPSA) is 52.3 Å². The van der Waals surface area contributed by atoms with E-state index in [0.29, 0.717) is 18.5 Å². The Kier molecular flexibility index (Phi) is 4.71. The zero-order valence-corrected chi connectivity index (χ0v) is 11.0. The van der Waals surface area contributed by atoms with Crippen LogP contribution in [-0.2, 0) is 22.6 Å². The van der Waals surface area contributed by atoms with E-state index < -0.39 is 0 Å². The summed E-state index contributed by atoms with van der Waals surface area (Å²) in [5.74, 6) is -0.574. The summed E-state index contributed by atoms with van der Waals surface area (Å²) in [5.41, 5.74) is 8.10. The van der Waals surface area contributed by atoms with Crippen LogP contribution < -0.4 is 5.73 Å². The van der Waals surface area contributed by atoms with Crippen molar-refractivity contribution in [3.8, 4) is 0 Å². The van der Waals surface area contributed by atoms with E-state index in [2.05, 4.69) is 0 Å². The van der Waals surface area contributed by atoms with Gasteiger partial charge in [-0.1, -0.05) is 24.3 Å². The molecule has 0 atom stereocenters. The van der Waals surface area contributed by atoms with Crippen molar-refractivity contribution in [1.82, 2.24) is 0 Å². The summed E-state index contributed by atoms with van der Waals surface area (Å²) in [7, 11) is 0. The lowest BCUT2D eigenvalue weighted by atomic mass is 10.1. The van der Waals surface area contributed by atoms with Crippen LogP contribution in [0.2, 0.25) is 0 Å². The molecule has 0 spiro atoms. The minimum atomic E-state index is -0.302. The molecule has 2 aromatic rings. The highest BCUT2D eigenvalue weighted by Crippen LogP contribution is 2.09. The summed E-state index contributed by atoms with van der Waals surface area (Å²) >= 11 is 0. The lowest BCUT2D eigenvalue weighted by molar-refractivity contribution is -0.144. The van der Waals surface area contributed by atoms with Crippen LogP contribution >= 0.6 is 0 Å². The molecule has 0 aromatic heterocycles. The minimum absolute atomic E-state index is 0.168. The highest BCUT2D eigenvalue weighted by Gasteiger charge is 2.04. The maximum absolute atomic E-state index is 12.7. The molecular formula is C16H16FNO2. The molecule has 0 heterocycles. The molecular weight excluding hydrogens is 257 g/mol. The summed E-state index contributed by atoms with van der Waals surface area (Å²) in [6, 6.07) is 13.3. The second-order valence-electron chi connectivity index (χ2n) is 4.53. The van der Waals surface area contributed by atoms with Gasteiger partial charge in [-0.2, -0.15) is 0 Å². The summed E-state index contributed by atoms with van der Waals surface area (Å²) in [4.78, 5) is 11.6. The van der Waals surface area contributed by atoms with Gasteiger partial charge < -0.3 is 10.5 Å². The number of carbonyl (C=O) groups is 1. The van der Waals surface area contributed by atoms with E-state index >= 15 is 0 Å². The van der Waals surface area contributed by atoms with Gasteiger partial charge in [0.05, 0.1) is 0 Å². The molecule has 0 unspecified atom stereocenters. The number of benzene rings is 2. The van der Waals surface area contributed by atoms with Crippen LogP contribution in [0.4, 0.5) is 10.1 Å². The molecule has 4 heteroatoms. The predicted molar refractivity (Wildman–Crippen MR) is 75.4 cm³/mol. The predicted octanol–water partition coefficient (Wildman–Crippen LogP) is 3.08. The van der Waals surface area contributed by atoms with Crippen molar-refractivity contribution in [2.45, 2.75) is 19.4 Å². The van der Waals surface area contributed by atoms with Gasteiger partial charge in [-0.15, -0.1) is 0 Å². The number of aryl methyl sites for hydroxylation is 1. The van der Waals surface area contributed by atoms with Crippen molar-refractivity contribution in [2.24, 2.45) is 0 Å². The first kappa shape index (κ1) is 14.1. The standard InChI is InChI=1S/C16H16FNO2/c17-14-6-1-13(2-7-14)11-20-16(19)10-5-12-3-8-15(18)9-4-12/h1-4,6-9H,5,10-11,18H2. The Morgan fingerprint density at radius 3 is 2.25 bits per heavy atom. The van der Waals surface area contributed by atoms with Crippen molar-refractivity contribution in [1.29, 1.82) is 0 Å². The molecule has 0 aliphatic heterocycles. The fourth-order valence-electron chi connectivity index (χ4n) is 1.75. The van der Waals surface area contributed by atoms with Gasteiger partial charge in [0, 0.05) is 12.1 Å². The molecule has 2 aromatic carbocycles. The van der Waals surface area contributed by atoms with E-state index in [9.17, 15) is 9.18 Å². The largest absolute Gasteiger partial charge is 0.461 e. The van der Waals surface area contributed by atoms with Crippen molar-refractivity contribution in [3.63, 3.8) is 0 Å². The average Bonchev–Trinajstić information content (AvgIpc) is 2.46. The van der Waals surface area contributed by atoms with Gasteiger partial charge in [0.2, 0.25) is 0 Å². The molecule has 104 valence electrons. The minimum Gasteiger partial charge on any atom is -0.461 e. The molecule has 0 saturated carbocycles. The third-order valence-electron chi connectivity index (χ3n) is 2.91. The number of halogens is 1. The van der Waals surface area contributed by atoms with Gasteiger partial charge in [-0.25, -0.2) is 4.39 Å². The zero-order valence-electron chi connectivity index (χ0n) is 11.0. The highest BCUT2D eigenvalue weighted by molar-refractivity contribution is 5.69. The van der Waals surface area contributed by atoms with Gasteiger partial charge in [-0.05, 0) is 41.8 Å². The Labute approximate surface area is 117 Å². The summed E-state index contributed by atoms with van der Waals surface area (Å²) in [6.07, 6.45) is 0.924. The van der Waals surface area contributed by atoms with Crippen molar-refractivity contribution >= 4 is 11.7 Å². The number of esters is 1. The van der Waals surface area contributed by atoms with E-state index in [1.807, 2.05) is 12.1 Å². The number of anilines is 1. The summed E-state index contributed by atoms with van der Waals surface area (Å²) in [5, 5.41) is 0. The van der Waals surface area contributed by atoms with Gasteiger partial charge in [0.25, 0.3) is 0 Å². The fourth-order valence-corrected chi connectivity index (χ4v) is 1.75. The van der Waals surface area contributed by atoms with Gasteiger partial charge in [0.15, 0.2) is 0 Å². The van der Waals surface area contributed by atoms with Crippen LogP contribution in [0.3, 0.4) is 0 Å². The molecule has 2 rings (SSSR count). The summed E-state index contributed by atoms with van der Waals surface area (Å²) in [6.45, 7) is 0.168. The zero-order chi connectivity index (χ0) is 14.4. The van der Waals surface area contributed by atoms with E-state index in [-0.39, 0.29) is 18.4 Å². The first-order chi connectivity index (χ1) is 9.63. The second-order valence-corrected chi connectivity index (χ2v) is 4.53. The Balaban J connectivity index is 1.75. The van der Waals surface area contributed by atoms with Crippen LogP contribution in [0, 0.1) is 5.82 Å². The van der Waals surface area contributed by atoms with Crippen LogP contribution in [0.15, 0.2) is 48.5 Å². The van der Waals surface area contributed by atoms with E-state index in [0.717, 1.165) is 11.1 Å². The summed E-state index contributed by atoms with van der Waals surface area (Å²) < 4.78 is 17.8. The maximum Gasteiger partial charge on any atom is 0.306 e. The van der Waals surface area contributed by atoms with Gasteiger partial charge in [-0.3, -0.25) is 4.79 Å². The Morgan fingerprint density at radius 2 is 1.60 bits per heavy atom. The number of hydrogen-bond donors (Lipinski definition) is 1. The third kappa shape index (κ3) is 4.39. The SMILES string of the molecule is Nc1ccc(CCC(=O)OCc2ccc(F)cc2)cc1. The smallest absolute Gasteiger partial charge is 0.306 e. The molecule has 0 bridgehead atoms. The molecule has 2 N–H and O–H groups in total.